The van der Waals surface area contributed by atoms with E-state index in [9.17, 15) is 4.79 Å². The van der Waals surface area contributed by atoms with Crippen molar-refractivity contribution >= 4 is 17.3 Å². The molecule has 0 radical (unpaired) electrons. The second-order valence-electron chi connectivity index (χ2n) is 6.62. The van der Waals surface area contributed by atoms with Crippen LogP contribution in [0.2, 0.25) is 0 Å². The van der Waals surface area contributed by atoms with Gasteiger partial charge in [0.15, 0.2) is 0 Å². The van der Waals surface area contributed by atoms with Crippen LogP contribution in [0.5, 0.6) is 5.75 Å². The lowest BCUT2D eigenvalue weighted by molar-refractivity contribution is 0.0949. The molecule has 1 amide bonds. The van der Waals surface area contributed by atoms with Crippen molar-refractivity contribution in [2.75, 3.05) is 19.0 Å². The van der Waals surface area contributed by atoms with Gasteiger partial charge in [0.05, 0.1) is 7.11 Å². The normalized spacial score (nSPS) is 10.4. The molecule has 0 aliphatic heterocycles. The number of rotatable bonds is 7. The van der Waals surface area contributed by atoms with Gasteiger partial charge < -0.3 is 15.4 Å². The van der Waals surface area contributed by atoms with Gasteiger partial charge in [-0.15, -0.1) is 0 Å². The Balaban J connectivity index is 1.63. The first-order chi connectivity index (χ1) is 13.6. The smallest absolute Gasteiger partial charge is 0.269 e. The van der Waals surface area contributed by atoms with E-state index in [0.717, 1.165) is 22.7 Å². The molecule has 0 unspecified atom stereocenters. The summed E-state index contributed by atoms with van der Waals surface area (Å²) in [5.74, 6) is 0.633. The number of methoxy groups -OCH3 is 1. The molecule has 1 heterocycles. The lowest BCUT2D eigenvalue weighted by Crippen LogP contribution is -2.26. The summed E-state index contributed by atoms with van der Waals surface area (Å²) in [6.45, 7) is 4.66. The number of aromatic nitrogens is 1. The Hall–Kier alpha value is -3.34. The van der Waals surface area contributed by atoms with Crippen molar-refractivity contribution < 1.29 is 9.53 Å². The fourth-order valence-electron chi connectivity index (χ4n) is 2.99. The minimum absolute atomic E-state index is 0.195. The van der Waals surface area contributed by atoms with E-state index in [1.54, 1.807) is 19.4 Å². The van der Waals surface area contributed by atoms with Gasteiger partial charge in [-0.3, -0.25) is 9.78 Å². The number of aryl methyl sites for hydroxylation is 1. The third-order valence-corrected chi connectivity index (χ3v) is 4.75. The summed E-state index contributed by atoms with van der Waals surface area (Å²) in [4.78, 5) is 16.7. The highest BCUT2D eigenvalue weighted by Crippen LogP contribution is 2.23. The quantitative estimate of drug-likeness (QED) is 0.641. The van der Waals surface area contributed by atoms with Gasteiger partial charge >= 0.3 is 0 Å². The fourth-order valence-corrected chi connectivity index (χ4v) is 2.99. The van der Waals surface area contributed by atoms with Crippen molar-refractivity contribution in [1.82, 2.24) is 10.3 Å². The highest BCUT2D eigenvalue weighted by atomic mass is 16.5. The Morgan fingerprint density at radius 1 is 1.07 bits per heavy atom. The minimum Gasteiger partial charge on any atom is -0.496 e. The summed E-state index contributed by atoms with van der Waals surface area (Å²) >= 11 is 0. The van der Waals surface area contributed by atoms with Crippen LogP contribution in [0.15, 0.2) is 60.8 Å². The van der Waals surface area contributed by atoms with Gasteiger partial charge in [0.25, 0.3) is 5.91 Å². The summed E-state index contributed by atoms with van der Waals surface area (Å²) in [6.07, 6.45) is 2.33. The van der Waals surface area contributed by atoms with Crippen molar-refractivity contribution in [3.63, 3.8) is 0 Å². The molecule has 5 nitrogen and oxygen atoms in total. The van der Waals surface area contributed by atoms with Crippen LogP contribution in [0, 0.1) is 13.8 Å². The Bertz CT molecular complexity index is 970. The molecule has 0 bridgehead atoms. The second-order valence-corrected chi connectivity index (χ2v) is 6.62. The molecule has 144 valence electrons. The minimum atomic E-state index is -0.195. The van der Waals surface area contributed by atoms with Crippen LogP contribution in [0.1, 0.15) is 27.2 Å². The zero-order valence-corrected chi connectivity index (χ0v) is 16.5. The second kappa shape index (κ2) is 9.04. The average Bonchev–Trinajstić information content (AvgIpc) is 2.72. The summed E-state index contributed by atoms with van der Waals surface area (Å²) in [5.41, 5.74) is 5.70. The van der Waals surface area contributed by atoms with Crippen LogP contribution in [0.3, 0.4) is 0 Å². The predicted octanol–water partition coefficient (Wildman–Crippen LogP) is 4.42. The molecule has 0 saturated carbocycles. The van der Waals surface area contributed by atoms with Gasteiger partial charge in [-0.05, 0) is 61.2 Å². The van der Waals surface area contributed by atoms with E-state index in [-0.39, 0.29) is 5.91 Å². The molecule has 0 atom stereocenters. The number of nitrogens with one attached hydrogen (secondary N) is 2. The summed E-state index contributed by atoms with van der Waals surface area (Å²) in [7, 11) is 1.65. The van der Waals surface area contributed by atoms with E-state index in [0.29, 0.717) is 18.7 Å². The topological polar surface area (TPSA) is 63.2 Å². The molecule has 0 spiro atoms. The number of carbonyl (C=O) groups is 1. The number of amides is 1. The number of benzene rings is 2. The van der Waals surface area contributed by atoms with Crippen LogP contribution in [0.4, 0.5) is 11.4 Å². The molecule has 3 rings (SSSR count). The van der Waals surface area contributed by atoms with Gasteiger partial charge in [-0.2, -0.15) is 0 Å². The van der Waals surface area contributed by atoms with E-state index < -0.39 is 0 Å². The largest absolute Gasteiger partial charge is 0.496 e. The predicted molar refractivity (Wildman–Crippen MR) is 112 cm³/mol. The number of nitrogens with zero attached hydrogens (tertiary/aromatic N) is 1. The van der Waals surface area contributed by atoms with E-state index >= 15 is 0 Å². The fraction of sp³-hybridized carbons (Fsp3) is 0.217. The number of anilines is 2. The molecule has 2 aromatic carbocycles. The lowest BCUT2D eigenvalue weighted by atomic mass is 10.1. The SMILES string of the molecule is COc1ccccc1CCNC(=O)c1cc(Nc2cccc(C)c2C)ccn1. The Kier molecular flexibility index (Phi) is 6.27. The van der Waals surface area contributed by atoms with Crippen molar-refractivity contribution in [1.29, 1.82) is 0 Å². The van der Waals surface area contributed by atoms with Crippen LogP contribution in [-0.2, 0) is 6.42 Å². The molecule has 5 heteroatoms. The third kappa shape index (κ3) is 4.68. The molecule has 3 aromatic rings. The van der Waals surface area contributed by atoms with E-state index in [1.807, 2.05) is 42.5 Å². The maximum Gasteiger partial charge on any atom is 0.269 e. The highest BCUT2D eigenvalue weighted by Gasteiger charge is 2.09. The number of carbonyl (C=O) groups excluding carboxylic acids is 1. The molecule has 0 aliphatic rings. The van der Waals surface area contributed by atoms with E-state index in [2.05, 4.69) is 35.5 Å². The standard InChI is InChI=1S/C23H25N3O2/c1-16-7-6-9-20(17(16)2)26-19-12-14-24-21(15-19)23(27)25-13-11-18-8-4-5-10-22(18)28-3/h4-10,12,14-15H,11,13H2,1-3H3,(H,24,26)(H,25,27). The van der Waals surface area contributed by atoms with Gasteiger partial charge in [0.2, 0.25) is 0 Å². The third-order valence-electron chi connectivity index (χ3n) is 4.75. The highest BCUT2D eigenvalue weighted by molar-refractivity contribution is 5.93. The maximum atomic E-state index is 12.5. The number of ether oxygens (including phenoxy) is 1. The Morgan fingerprint density at radius 2 is 1.89 bits per heavy atom. The summed E-state index contributed by atoms with van der Waals surface area (Å²) in [6, 6.07) is 17.5. The summed E-state index contributed by atoms with van der Waals surface area (Å²) in [5, 5.41) is 6.29. The number of hydrogen-bond acceptors (Lipinski definition) is 4. The molecular formula is C23H25N3O2. The molecular weight excluding hydrogens is 350 g/mol. The van der Waals surface area contributed by atoms with Gasteiger partial charge in [0.1, 0.15) is 11.4 Å². The van der Waals surface area contributed by atoms with Crippen LogP contribution in [-0.4, -0.2) is 24.5 Å². The molecule has 1 aromatic heterocycles. The van der Waals surface area contributed by atoms with Crippen LogP contribution >= 0.6 is 0 Å². The number of para-hydroxylation sites is 1. The zero-order valence-electron chi connectivity index (χ0n) is 16.5. The van der Waals surface area contributed by atoms with Crippen molar-refractivity contribution in [2.45, 2.75) is 20.3 Å². The molecule has 0 saturated heterocycles. The van der Waals surface area contributed by atoms with Gasteiger partial charge in [-0.1, -0.05) is 30.3 Å². The summed E-state index contributed by atoms with van der Waals surface area (Å²) < 4.78 is 5.34. The van der Waals surface area contributed by atoms with Crippen molar-refractivity contribution in [3.05, 3.63) is 83.2 Å². The molecule has 0 aliphatic carbocycles. The van der Waals surface area contributed by atoms with Crippen LogP contribution in [0.25, 0.3) is 0 Å². The Labute approximate surface area is 165 Å². The van der Waals surface area contributed by atoms with Crippen molar-refractivity contribution in [2.24, 2.45) is 0 Å². The first-order valence-corrected chi connectivity index (χ1v) is 9.28. The van der Waals surface area contributed by atoms with Crippen molar-refractivity contribution in [3.8, 4) is 5.75 Å². The number of hydrogen-bond donors (Lipinski definition) is 2. The first kappa shape index (κ1) is 19.4. The Morgan fingerprint density at radius 3 is 2.71 bits per heavy atom. The van der Waals surface area contributed by atoms with E-state index in [4.69, 9.17) is 4.74 Å². The number of pyridine rings is 1. The first-order valence-electron chi connectivity index (χ1n) is 9.28. The van der Waals surface area contributed by atoms with Gasteiger partial charge in [0, 0.05) is 24.1 Å². The maximum absolute atomic E-state index is 12.5. The lowest BCUT2D eigenvalue weighted by Gasteiger charge is -2.12. The van der Waals surface area contributed by atoms with Crippen LogP contribution < -0.4 is 15.4 Å². The monoisotopic (exact) mass is 375 g/mol. The zero-order chi connectivity index (χ0) is 19.9. The van der Waals surface area contributed by atoms with Gasteiger partial charge in [-0.25, -0.2) is 0 Å². The average molecular weight is 375 g/mol. The molecule has 28 heavy (non-hydrogen) atoms. The molecule has 2 N–H and O–H groups in total. The molecule has 0 fully saturated rings. The van der Waals surface area contributed by atoms with E-state index in [1.165, 1.54) is 11.1 Å².